The Bertz CT molecular complexity index is 610. The average Bonchev–Trinajstić information content (AvgIpc) is 2.54. The summed E-state index contributed by atoms with van der Waals surface area (Å²) in [7, 11) is 0. The molecule has 0 aliphatic heterocycles. The third-order valence-electron chi connectivity index (χ3n) is 3.88. The number of anilines is 2. The Balaban J connectivity index is 2.01. The summed E-state index contributed by atoms with van der Waals surface area (Å²) < 4.78 is 0. The maximum absolute atomic E-state index is 12.3. The van der Waals surface area contributed by atoms with Gasteiger partial charge in [-0.05, 0) is 48.1 Å². The number of nitrogens with one attached hydrogen (secondary N) is 1. The zero-order chi connectivity index (χ0) is 15.9. The molecular weight excluding hydrogens is 272 g/mol. The van der Waals surface area contributed by atoms with Crippen LogP contribution in [-0.4, -0.2) is 5.91 Å². The molecule has 3 nitrogen and oxygen atoms in total. The fourth-order valence-electron chi connectivity index (χ4n) is 2.55. The molecule has 0 fully saturated rings. The van der Waals surface area contributed by atoms with Crippen molar-refractivity contribution in [3.63, 3.8) is 0 Å². The van der Waals surface area contributed by atoms with E-state index in [0.29, 0.717) is 6.42 Å². The largest absolute Gasteiger partial charge is 0.399 e. The first-order valence-electron chi connectivity index (χ1n) is 7.89. The molecule has 116 valence electrons. The van der Waals surface area contributed by atoms with Gasteiger partial charge in [-0.25, -0.2) is 0 Å². The van der Waals surface area contributed by atoms with Gasteiger partial charge in [-0.3, -0.25) is 4.79 Å². The predicted molar refractivity (Wildman–Crippen MR) is 93.0 cm³/mol. The summed E-state index contributed by atoms with van der Waals surface area (Å²) in [6, 6.07) is 13.9. The molecule has 2 aromatic rings. The van der Waals surface area contributed by atoms with Crippen LogP contribution in [0.2, 0.25) is 0 Å². The highest BCUT2D eigenvalue weighted by Gasteiger charge is 2.10. The van der Waals surface area contributed by atoms with E-state index in [1.54, 1.807) is 0 Å². The van der Waals surface area contributed by atoms with Crippen LogP contribution >= 0.6 is 0 Å². The molecule has 22 heavy (non-hydrogen) atoms. The zero-order valence-corrected chi connectivity index (χ0v) is 13.4. The SMILES string of the molecule is CCc1cccc(CC)c1NC(=O)CCc1ccc(N)cc1. The number of carbonyl (C=O) groups excluding carboxylic acids is 1. The summed E-state index contributed by atoms with van der Waals surface area (Å²) in [6.07, 6.45) is 3.04. The van der Waals surface area contributed by atoms with Crippen LogP contribution in [-0.2, 0) is 24.1 Å². The maximum Gasteiger partial charge on any atom is 0.224 e. The average molecular weight is 296 g/mol. The quantitative estimate of drug-likeness (QED) is 0.793. The van der Waals surface area contributed by atoms with E-state index >= 15 is 0 Å². The monoisotopic (exact) mass is 296 g/mol. The minimum atomic E-state index is 0.0624. The van der Waals surface area contributed by atoms with Crippen molar-refractivity contribution in [3.8, 4) is 0 Å². The number of aryl methyl sites for hydroxylation is 3. The highest BCUT2D eigenvalue weighted by Crippen LogP contribution is 2.23. The van der Waals surface area contributed by atoms with E-state index in [9.17, 15) is 4.79 Å². The summed E-state index contributed by atoms with van der Waals surface area (Å²) >= 11 is 0. The minimum absolute atomic E-state index is 0.0624. The molecule has 0 spiro atoms. The third-order valence-corrected chi connectivity index (χ3v) is 3.88. The molecule has 0 aromatic heterocycles. The van der Waals surface area contributed by atoms with Gasteiger partial charge in [0, 0.05) is 17.8 Å². The summed E-state index contributed by atoms with van der Waals surface area (Å²) in [6.45, 7) is 4.22. The second-order valence-electron chi connectivity index (χ2n) is 5.45. The first-order valence-corrected chi connectivity index (χ1v) is 7.89. The summed E-state index contributed by atoms with van der Waals surface area (Å²) in [5.74, 6) is 0.0624. The number of benzene rings is 2. The molecule has 3 N–H and O–H groups in total. The topological polar surface area (TPSA) is 55.1 Å². The molecule has 2 rings (SSSR count). The van der Waals surface area contributed by atoms with Crippen LogP contribution in [0.1, 0.15) is 37.0 Å². The van der Waals surface area contributed by atoms with Crippen LogP contribution in [0.15, 0.2) is 42.5 Å². The van der Waals surface area contributed by atoms with E-state index in [0.717, 1.165) is 36.2 Å². The first-order chi connectivity index (χ1) is 10.6. The van der Waals surface area contributed by atoms with Gasteiger partial charge in [-0.2, -0.15) is 0 Å². The summed E-state index contributed by atoms with van der Waals surface area (Å²) in [4.78, 5) is 12.3. The number of nitrogens with two attached hydrogens (primary N) is 1. The van der Waals surface area contributed by atoms with Crippen LogP contribution < -0.4 is 11.1 Å². The van der Waals surface area contributed by atoms with Gasteiger partial charge >= 0.3 is 0 Å². The van der Waals surface area contributed by atoms with E-state index < -0.39 is 0 Å². The van der Waals surface area contributed by atoms with Crippen molar-refractivity contribution in [2.75, 3.05) is 11.1 Å². The Labute approximate surface area is 132 Å². The second kappa shape index (κ2) is 7.64. The van der Waals surface area contributed by atoms with Gasteiger partial charge in [0.1, 0.15) is 0 Å². The fraction of sp³-hybridized carbons (Fsp3) is 0.316. The van der Waals surface area contributed by atoms with Crippen molar-refractivity contribution in [2.45, 2.75) is 39.5 Å². The number of carbonyl (C=O) groups is 1. The molecule has 0 atom stereocenters. The van der Waals surface area contributed by atoms with Crippen molar-refractivity contribution in [3.05, 3.63) is 59.2 Å². The van der Waals surface area contributed by atoms with Crippen LogP contribution in [0.3, 0.4) is 0 Å². The van der Waals surface area contributed by atoms with E-state index in [2.05, 4.69) is 37.4 Å². The highest BCUT2D eigenvalue weighted by molar-refractivity contribution is 5.92. The van der Waals surface area contributed by atoms with Crippen LogP contribution in [0.4, 0.5) is 11.4 Å². The standard InChI is InChI=1S/C19H24N2O/c1-3-15-6-5-7-16(4-2)19(15)21-18(22)13-10-14-8-11-17(20)12-9-14/h5-9,11-12H,3-4,10,13,20H2,1-2H3,(H,21,22). The van der Waals surface area contributed by atoms with Gasteiger partial charge < -0.3 is 11.1 Å². The van der Waals surface area contributed by atoms with Gasteiger partial charge in [-0.15, -0.1) is 0 Å². The number of hydrogen-bond acceptors (Lipinski definition) is 2. The van der Waals surface area contributed by atoms with Gasteiger partial charge in [-0.1, -0.05) is 44.2 Å². The lowest BCUT2D eigenvalue weighted by Crippen LogP contribution is -2.15. The third kappa shape index (κ3) is 4.10. The van der Waals surface area contributed by atoms with Crippen molar-refractivity contribution < 1.29 is 4.79 Å². The summed E-state index contributed by atoms with van der Waals surface area (Å²) in [5.41, 5.74) is 10.9. The van der Waals surface area contributed by atoms with Crippen molar-refractivity contribution in [1.29, 1.82) is 0 Å². The Hall–Kier alpha value is -2.29. The van der Waals surface area contributed by atoms with Crippen LogP contribution in [0.25, 0.3) is 0 Å². The maximum atomic E-state index is 12.3. The molecule has 1 amide bonds. The van der Waals surface area contributed by atoms with Crippen molar-refractivity contribution in [1.82, 2.24) is 0 Å². The van der Waals surface area contributed by atoms with Gasteiger partial charge in [0.2, 0.25) is 5.91 Å². The zero-order valence-electron chi connectivity index (χ0n) is 13.4. The van der Waals surface area contributed by atoms with Crippen LogP contribution in [0.5, 0.6) is 0 Å². The molecule has 0 heterocycles. The Morgan fingerprint density at radius 2 is 1.59 bits per heavy atom. The molecule has 0 saturated carbocycles. The van der Waals surface area contributed by atoms with E-state index in [1.807, 2.05) is 24.3 Å². The highest BCUT2D eigenvalue weighted by atomic mass is 16.1. The number of rotatable bonds is 6. The Morgan fingerprint density at radius 1 is 1.00 bits per heavy atom. The molecule has 0 aliphatic carbocycles. The summed E-state index contributed by atoms with van der Waals surface area (Å²) in [5, 5.41) is 3.10. The molecule has 0 aliphatic rings. The number of nitrogen functional groups attached to an aromatic ring is 1. The molecular formula is C19H24N2O. The minimum Gasteiger partial charge on any atom is -0.399 e. The Morgan fingerprint density at radius 3 is 2.14 bits per heavy atom. The lowest BCUT2D eigenvalue weighted by molar-refractivity contribution is -0.116. The van der Waals surface area contributed by atoms with E-state index in [-0.39, 0.29) is 5.91 Å². The van der Waals surface area contributed by atoms with Crippen molar-refractivity contribution >= 4 is 17.3 Å². The fourth-order valence-corrected chi connectivity index (χ4v) is 2.55. The van der Waals surface area contributed by atoms with Gasteiger partial charge in [0.25, 0.3) is 0 Å². The van der Waals surface area contributed by atoms with E-state index in [4.69, 9.17) is 5.73 Å². The lowest BCUT2D eigenvalue weighted by atomic mass is 10.0. The molecule has 2 aromatic carbocycles. The van der Waals surface area contributed by atoms with E-state index in [1.165, 1.54) is 11.1 Å². The number of amides is 1. The smallest absolute Gasteiger partial charge is 0.224 e. The lowest BCUT2D eigenvalue weighted by Gasteiger charge is -2.14. The molecule has 0 bridgehead atoms. The van der Waals surface area contributed by atoms with Crippen molar-refractivity contribution in [2.24, 2.45) is 0 Å². The molecule has 0 saturated heterocycles. The first kappa shape index (κ1) is 16.1. The molecule has 0 unspecified atom stereocenters. The molecule has 3 heteroatoms. The van der Waals surface area contributed by atoms with Gasteiger partial charge in [0.15, 0.2) is 0 Å². The number of hydrogen-bond donors (Lipinski definition) is 2. The molecule has 0 radical (unpaired) electrons. The number of para-hydroxylation sites is 1. The predicted octanol–water partition coefficient (Wildman–Crippen LogP) is 3.96. The van der Waals surface area contributed by atoms with Gasteiger partial charge in [0.05, 0.1) is 0 Å². The second-order valence-corrected chi connectivity index (χ2v) is 5.45. The normalized spacial score (nSPS) is 10.5. The van der Waals surface area contributed by atoms with Crippen LogP contribution in [0, 0.1) is 0 Å². The Kier molecular flexibility index (Phi) is 5.59.